The Kier molecular flexibility index (Phi) is 7.99. The number of rotatable bonds is 8. The normalized spacial score (nSPS) is 17.1. The van der Waals surface area contributed by atoms with Crippen LogP contribution in [0.2, 0.25) is 0 Å². The number of carbonyl (C=O) groups is 2. The van der Waals surface area contributed by atoms with Crippen molar-refractivity contribution in [2.45, 2.75) is 52.6 Å². The predicted molar refractivity (Wildman–Crippen MR) is 145 cm³/mol. The summed E-state index contributed by atoms with van der Waals surface area (Å²) in [5.74, 6) is 0.0317. The highest BCUT2D eigenvalue weighted by Gasteiger charge is 2.41. The second-order valence-electron chi connectivity index (χ2n) is 9.35. The molecule has 36 heavy (non-hydrogen) atoms. The number of benzene rings is 2. The van der Waals surface area contributed by atoms with Crippen molar-refractivity contribution in [2.24, 2.45) is 4.99 Å². The van der Waals surface area contributed by atoms with Crippen molar-refractivity contribution in [3.8, 4) is 0 Å². The number of amidine groups is 1. The number of fused-ring (bicyclic) bond motifs is 1. The van der Waals surface area contributed by atoms with Crippen LogP contribution in [0.1, 0.15) is 62.8 Å². The molecular weight excluding hydrogens is 470 g/mol. The van der Waals surface area contributed by atoms with Gasteiger partial charge in [0, 0.05) is 19.3 Å². The molecule has 0 saturated carbocycles. The first kappa shape index (κ1) is 25.8. The minimum Gasteiger partial charge on any atom is -0.463 e. The van der Waals surface area contributed by atoms with Gasteiger partial charge in [0.1, 0.15) is 0 Å². The number of hydrogen-bond donors (Lipinski definition) is 0. The third kappa shape index (κ3) is 5.41. The fourth-order valence-corrected chi connectivity index (χ4v) is 5.42. The summed E-state index contributed by atoms with van der Waals surface area (Å²) >= 11 is 1.49. The molecule has 1 atom stereocenters. The molecule has 0 spiro atoms. The topological polar surface area (TPSA) is 62.2 Å². The number of ether oxygens (including phenoxy) is 1. The summed E-state index contributed by atoms with van der Waals surface area (Å²) in [4.78, 5) is 34.8. The molecule has 0 N–H and O–H groups in total. The molecule has 188 valence electrons. The van der Waals surface area contributed by atoms with E-state index in [1.54, 1.807) is 11.8 Å². The maximum atomic E-state index is 13.2. The zero-order valence-corrected chi connectivity index (χ0v) is 22.3. The van der Waals surface area contributed by atoms with Gasteiger partial charge in [0.05, 0.1) is 30.3 Å². The maximum absolute atomic E-state index is 13.2. The van der Waals surface area contributed by atoms with Gasteiger partial charge in [-0.05, 0) is 41.9 Å². The van der Waals surface area contributed by atoms with Crippen LogP contribution in [0.15, 0.2) is 82.0 Å². The molecule has 2 aliphatic heterocycles. The molecule has 2 aromatic rings. The first-order valence-corrected chi connectivity index (χ1v) is 13.2. The van der Waals surface area contributed by atoms with Gasteiger partial charge in [-0.2, -0.15) is 0 Å². The van der Waals surface area contributed by atoms with Gasteiger partial charge in [-0.3, -0.25) is 4.79 Å². The molecule has 4 rings (SSSR count). The molecule has 0 fully saturated rings. The Morgan fingerprint density at radius 3 is 2.44 bits per heavy atom. The molecule has 0 radical (unpaired) electrons. The van der Waals surface area contributed by atoms with Crippen molar-refractivity contribution in [1.29, 1.82) is 0 Å². The van der Waals surface area contributed by atoms with Crippen molar-refractivity contribution in [3.05, 3.63) is 93.7 Å². The lowest BCUT2D eigenvalue weighted by Crippen LogP contribution is -2.38. The number of esters is 1. The summed E-state index contributed by atoms with van der Waals surface area (Å²) < 4.78 is 5.44. The molecule has 7 heteroatoms. The molecule has 1 amide bonds. The van der Waals surface area contributed by atoms with E-state index in [1.165, 1.54) is 17.3 Å². The zero-order valence-electron chi connectivity index (χ0n) is 21.5. The molecule has 0 unspecified atom stereocenters. The number of thioether (sulfide) groups is 1. The Morgan fingerprint density at radius 2 is 1.81 bits per heavy atom. The van der Waals surface area contributed by atoms with E-state index in [2.05, 4.69) is 38.1 Å². The minimum absolute atomic E-state index is 0.00446. The smallest absolute Gasteiger partial charge is 0.338 e. The number of aliphatic imine (C=N–C) groups is 1. The zero-order chi connectivity index (χ0) is 25.8. The van der Waals surface area contributed by atoms with Gasteiger partial charge in [0.25, 0.3) is 0 Å². The van der Waals surface area contributed by atoms with E-state index in [0.717, 1.165) is 22.0 Å². The van der Waals surface area contributed by atoms with E-state index < -0.39 is 6.04 Å². The van der Waals surface area contributed by atoms with Gasteiger partial charge < -0.3 is 14.5 Å². The second-order valence-corrected chi connectivity index (χ2v) is 10.2. The Balaban J connectivity index is 1.64. The van der Waals surface area contributed by atoms with E-state index >= 15 is 0 Å². The van der Waals surface area contributed by atoms with Gasteiger partial charge in [-0.25, -0.2) is 9.79 Å². The summed E-state index contributed by atoms with van der Waals surface area (Å²) in [7, 11) is 1.82. The number of hydrogen-bond acceptors (Lipinski definition) is 6. The first-order valence-electron chi connectivity index (χ1n) is 12.3. The van der Waals surface area contributed by atoms with Crippen LogP contribution in [0.25, 0.3) is 0 Å². The van der Waals surface area contributed by atoms with Crippen molar-refractivity contribution in [2.75, 3.05) is 13.7 Å². The van der Waals surface area contributed by atoms with Crippen LogP contribution in [0, 0.1) is 0 Å². The third-order valence-electron chi connectivity index (χ3n) is 6.44. The molecule has 2 heterocycles. The molecule has 0 aliphatic carbocycles. The van der Waals surface area contributed by atoms with Crippen LogP contribution in [-0.2, 0) is 20.9 Å². The van der Waals surface area contributed by atoms with Gasteiger partial charge in [-0.1, -0.05) is 80.2 Å². The van der Waals surface area contributed by atoms with Crippen molar-refractivity contribution in [1.82, 2.24) is 9.80 Å². The molecule has 0 saturated heterocycles. The van der Waals surface area contributed by atoms with Gasteiger partial charge in [0.15, 0.2) is 5.17 Å². The lowest BCUT2D eigenvalue weighted by Gasteiger charge is -2.36. The van der Waals surface area contributed by atoms with Crippen molar-refractivity contribution < 1.29 is 14.3 Å². The van der Waals surface area contributed by atoms with Gasteiger partial charge in [0.2, 0.25) is 5.91 Å². The summed E-state index contributed by atoms with van der Waals surface area (Å²) in [5, 5.41) is 2.75. The molecule has 0 aromatic heterocycles. The first-order chi connectivity index (χ1) is 17.3. The fraction of sp³-hybridized carbons (Fsp3) is 0.345. The highest BCUT2D eigenvalue weighted by atomic mass is 32.2. The molecule has 0 bridgehead atoms. The van der Waals surface area contributed by atoms with E-state index in [-0.39, 0.29) is 24.9 Å². The SMILES string of the molecule is CCOC(=O)C1=C(C)N=C2SC=C(CC(=O)N(C)Cc3ccccc3)N2[C@H]1c1ccc(C(C)C)cc1. The summed E-state index contributed by atoms with van der Waals surface area (Å²) in [6.45, 7) is 8.78. The monoisotopic (exact) mass is 503 g/mol. The predicted octanol–water partition coefficient (Wildman–Crippen LogP) is 6.00. The Bertz CT molecular complexity index is 1220. The maximum Gasteiger partial charge on any atom is 0.338 e. The molecular formula is C29H33N3O3S. The van der Waals surface area contributed by atoms with Crippen LogP contribution >= 0.6 is 11.8 Å². The van der Waals surface area contributed by atoms with Crippen LogP contribution < -0.4 is 0 Å². The lowest BCUT2D eigenvalue weighted by molar-refractivity contribution is -0.139. The van der Waals surface area contributed by atoms with Crippen LogP contribution in [0.5, 0.6) is 0 Å². The Morgan fingerprint density at radius 1 is 1.11 bits per heavy atom. The van der Waals surface area contributed by atoms with Crippen LogP contribution in [-0.4, -0.2) is 40.5 Å². The van der Waals surface area contributed by atoms with Crippen molar-refractivity contribution >= 4 is 28.8 Å². The molecule has 6 nitrogen and oxygen atoms in total. The number of carbonyl (C=O) groups excluding carboxylic acids is 2. The average Bonchev–Trinajstić information content (AvgIpc) is 3.25. The van der Waals surface area contributed by atoms with E-state index in [4.69, 9.17) is 9.73 Å². The van der Waals surface area contributed by atoms with Gasteiger partial charge in [-0.15, -0.1) is 0 Å². The van der Waals surface area contributed by atoms with E-state index in [0.29, 0.717) is 23.7 Å². The van der Waals surface area contributed by atoms with E-state index in [1.807, 2.05) is 54.6 Å². The summed E-state index contributed by atoms with van der Waals surface area (Å²) in [6, 6.07) is 17.9. The average molecular weight is 504 g/mol. The summed E-state index contributed by atoms with van der Waals surface area (Å²) in [5.41, 5.74) is 5.26. The fourth-order valence-electron chi connectivity index (χ4n) is 4.45. The van der Waals surface area contributed by atoms with E-state index in [9.17, 15) is 9.59 Å². The molecule has 2 aromatic carbocycles. The number of nitrogens with zero attached hydrogens (tertiary/aromatic N) is 3. The highest BCUT2D eigenvalue weighted by molar-refractivity contribution is 8.16. The number of amides is 1. The lowest BCUT2D eigenvalue weighted by atomic mass is 9.92. The number of allylic oxidation sites excluding steroid dienone is 1. The van der Waals surface area contributed by atoms with Crippen molar-refractivity contribution in [3.63, 3.8) is 0 Å². The quantitative estimate of drug-likeness (QED) is 0.414. The molecule has 2 aliphatic rings. The van der Waals surface area contributed by atoms with Gasteiger partial charge >= 0.3 is 5.97 Å². The van der Waals surface area contributed by atoms with Crippen LogP contribution in [0.3, 0.4) is 0 Å². The third-order valence-corrected chi connectivity index (χ3v) is 7.32. The Hall–Kier alpha value is -3.32. The Labute approximate surface area is 217 Å². The largest absolute Gasteiger partial charge is 0.463 e. The van der Waals surface area contributed by atoms with Crippen LogP contribution in [0.4, 0.5) is 0 Å². The minimum atomic E-state index is -0.411. The summed E-state index contributed by atoms with van der Waals surface area (Å²) in [6.07, 6.45) is 0.213. The highest BCUT2D eigenvalue weighted by Crippen LogP contribution is 2.45. The standard InChI is InChI=1S/C29H33N3O3S/c1-6-35-28(34)26-20(4)30-29-32(27(26)23-14-12-22(13-15-23)19(2)3)24(18-36-29)16-25(33)31(5)17-21-10-8-7-9-11-21/h7-15,18-19,27H,6,16-17H2,1-5H3/t27-/m0/s1. The second kappa shape index (κ2) is 11.2.